The van der Waals surface area contributed by atoms with Crippen LogP contribution in [0.3, 0.4) is 0 Å². The molecule has 0 radical (unpaired) electrons. The van der Waals surface area contributed by atoms with Crippen LogP contribution in [0.2, 0.25) is 0 Å². The van der Waals surface area contributed by atoms with Gasteiger partial charge in [-0.3, -0.25) is 0 Å². The number of aromatic nitrogens is 2. The number of hydrazine groups is 1. The van der Waals surface area contributed by atoms with Gasteiger partial charge in [0.25, 0.3) is 0 Å². The summed E-state index contributed by atoms with van der Waals surface area (Å²) in [7, 11) is 0. The zero-order valence-corrected chi connectivity index (χ0v) is 12.7. The summed E-state index contributed by atoms with van der Waals surface area (Å²) in [6.07, 6.45) is 7.44. The summed E-state index contributed by atoms with van der Waals surface area (Å²) in [6, 6.07) is 1.89. The molecule has 0 aliphatic heterocycles. The third kappa shape index (κ3) is 4.34. The smallest absolute Gasteiger partial charge is 0.145 e. The van der Waals surface area contributed by atoms with E-state index < -0.39 is 0 Å². The van der Waals surface area contributed by atoms with Crippen LogP contribution in [0.5, 0.6) is 0 Å². The molecule has 1 saturated carbocycles. The van der Waals surface area contributed by atoms with Gasteiger partial charge in [-0.05, 0) is 25.2 Å². The Morgan fingerprint density at radius 1 is 1.30 bits per heavy atom. The van der Waals surface area contributed by atoms with Crippen molar-refractivity contribution in [1.82, 2.24) is 9.97 Å². The Morgan fingerprint density at radius 3 is 2.65 bits per heavy atom. The van der Waals surface area contributed by atoms with E-state index in [-0.39, 0.29) is 0 Å². The fourth-order valence-corrected chi connectivity index (χ4v) is 2.35. The quantitative estimate of drug-likeness (QED) is 0.477. The zero-order valence-electron chi connectivity index (χ0n) is 12.7. The standard InChI is InChI=1S/C15H27N5/c1-3-5-6-11(4-2)10-17-13-9-14(20-16)19-15(18-13)12-7-8-12/h9,11-12H,3-8,10,16H2,1-2H3,(H2,17,18,19,20). The third-order valence-corrected chi connectivity index (χ3v) is 3.95. The van der Waals surface area contributed by atoms with Crippen molar-refractivity contribution < 1.29 is 0 Å². The van der Waals surface area contributed by atoms with E-state index in [1.807, 2.05) is 6.07 Å². The number of anilines is 2. The predicted molar refractivity (Wildman–Crippen MR) is 83.6 cm³/mol. The van der Waals surface area contributed by atoms with E-state index in [4.69, 9.17) is 5.84 Å². The molecule has 1 unspecified atom stereocenters. The van der Waals surface area contributed by atoms with E-state index in [0.29, 0.717) is 17.7 Å². The van der Waals surface area contributed by atoms with Gasteiger partial charge in [0.1, 0.15) is 17.5 Å². The van der Waals surface area contributed by atoms with Crippen molar-refractivity contribution in [3.63, 3.8) is 0 Å². The van der Waals surface area contributed by atoms with E-state index in [1.54, 1.807) is 0 Å². The van der Waals surface area contributed by atoms with Crippen LogP contribution in [0.15, 0.2) is 6.07 Å². The number of nitrogens with one attached hydrogen (secondary N) is 2. The van der Waals surface area contributed by atoms with Gasteiger partial charge in [-0.15, -0.1) is 0 Å². The van der Waals surface area contributed by atoms with Crippen LogP contribution in [0.4, 0.5) is 11.6 Å². The number of rotatable bonds is 9. The molecule has 1 atom stereocenters. The molecule has 0 spiro atoms. The van der Waals surface area contributed by atoms with Crippen molar-refractivity contribution in [3.05, 3.63) is 11.9 Å². The van der Waals surface area contributed by atoms with E-state index in [1.165, 1.54) is 38.5 Å². The Kier molecular flexibility index (Phi) is 5.59. The van der Waals surface area contributed by atoms with Gasteiger partial charge in [-0.1, -0.05) is 33.1 Å². The van der Waals surface area contributed by atoms with E-state index >= 15 is 0 Å². The van der Waals surface area contributed by atoms with Gasteiger partial charge >= 0.3 is 0 Å². The van der Waals surface area contributed by atoms with Crippen LogP contribution >= 0.6 is 0 Å². The average Bonchev–Trinajstić information content (AvgIpc) is 3.32. The lowest BCUT2D eigenvalue weighted by Crippen LogP contribution is -2.16. The maximum Gasteiger partial charge on any atom is 0.145 e. The Bertz CT molecular complexity index is 417. The molecule has 5 nitrogen and oxygen atoms in total. The van der Waals surface area contributed by atoms with Crippen molar-refractivity contribution in [2.24, 2.45) is 11.8 Å². The van der Waals surface area contributed by atoms with Crippen LogP contribution in [0, 0.1) is 5.92 Å². The van der Waals surface area contributed by atoms with Crippen molar-refractivity contribution >= 4 is 11.6 Å². The first-order chi connectivity index (χ1) is 9.76. The Hall–Kier alpha value is -1.36. The summed E-state index contributed by atoms with van der Waals surface area (Å²) in [5.41, 5.74) is 2.64. The molecule has 4 N–H and O–H groups in total. The normalized spacial score (nSPS) is 15.9. The summed E-state index contributed by atoms with van der Waals surface area (Å²) in [6.45, 7) is 5.47. The highest BCUT2D eigenvalue weighted by Crippen LogP contribution is 2.38. The third-order valence-electron chi connectivity index (χ3n) is 3.95. The largest absolute Gasteiger partial charge is 0.370 e. The summed E-state index contributed by atoms with van der Waals surface area (Å²) >= 11 is 0. The van der Waals surface area contributed by atoms with Crippen molar-refractivity contribution in [2.45, 2.75) is 58.3 Å². The number of nitrogens with zero attached hydrogens (tertiary/aromatic N) is 2. The van der Waals surface area contributed by atoms with Gasteiger partial charge in [0.05, 0.1) is 0 Å². The lowest BCUT2D eigenvalue weighted by atomic mass is 9.99. The number of nitrogens with two attached hydrogens (primary N) is 1. The highest BCUT2D eigenvalue weighted by atomic mass is 15.3. The Balaban J connectivity index is 1.95. The highest BCUT2D eigenvalue weighted by molar-refractivity contribution is 5.47. The first-order valence-corrected chi connectivity index (χ1v) is 7.86. The SMILES string of the molecule is CCCCC(CC)CNc1cc(NN)nc(C2CC2)n1. The summed E-state index contributed by atoms with van der Waals surface area (Å²) < 4.78 is 0. The molecule has 1 aromatic rings. The van der Waals surface area contributed by atoms with E-state index in [9.17, 15) is 0 Å². The van der Waals surface area contributed by atoms with Crippen LogP contribution in [-0.2, 0) is 0 Å². The van der Waals surface area contributed by atoms with Crippen molar-refractivity contribution in [1.29, 1.82) is 0 Å². The molecule has 0 saturated heterocycles. The van der Waals surface area contributed by atoms with Crippen LogP contribution in [0.25, 0.3) is 0 Å². The number of nitrogen functional groups attached to an aromatic ring is 1. The monoisotopic (exact) mass is 277 g/mol. The van der Waals surface area contributed by atoms with Gasteiger partial charge in [0, 0.05) is 18.5 Å². The number of hydrogen-bond donors (Lipinski definition) is 3. The molecule has 5 heteroatoms. The molecule has 20 heavy (non-hydrogen) atoms. The predicted octanol–water partition coefficient (Wildman–Crippen LogP) is 3.27. The molecule has 0 aromatic carbocycles. The summed E-state index contributed by atoms with van der Waals surface area (Å²) in [5, 5.41) is 3.46. The molecular weight excluding hydrogens is 250 g/mol. The van der Waals surface area contributed by atoms with Gasteiger partial charge in [0.15, 0.2) is 0 Å². The summed E-state index contributed by atoms with van der Waals surface area (Å²) in [5.74, 6) is 9.25. The molecule has 112 valence electrons. The minimum Gasteiger partial charge on any atom is -0.370 e. The second-order valence-corrected chi connectivity index (χ2v) is 5.71. The van der Waals surface area contributed by atoms with Crippen LogP contribution < -0.4 is 16.6 Å². The Morgan fingerprint density at radius 2 is 2.05 bits per heavy atom. The van der Waals surface area contributed by atoms with Crippen molar-refractivity contribution in [2.75, 3.05) is 17.3 Å². The highest BCUT2D eigenvalue weighted by Gasteiger charge is 2.27. The fraction of sp³-hybridized carbons (Fsp3) is 0.733. The average molecular weight is 277 g/mol. The molecule has 1 aliphatic carbocycles. The molecule has 0 bridgehead atoms. The van der Waals surface area contributed by atoms with Crippen LogP contribution in [0.1, 0.15) is 64.1 Å². The number of unbranched alkanes of at least 4 members (excludes halogenated alkanes) is 1. The maximum absolute atomic E-state index is 5.49. The molecule has 0 amide bonds. The second-order valence-electron chi connectivity index (χ2n) is 5.71. The molecule has 1 aromatic heterocycles. The lowest BCUT2D eigenvalue weighted by molar-refractivity contribution is 0.472. The van der Waals surface area contributed by atoms with E-state index in [0.717, 1.165) is 18.2 Å². The van der Waals surface area contributed by atoms with E-state index in [2.05, 4.69) is 34.6 Å². The first kappa shape index (κ1) is 15.0. The van der Waals surface area contributed by atoms with Gasteiger partial charge in [-0.2, -0.15) is 0 Å². The molecule has 1 heterocycles. The topological polar surface area (TPSA) is 75.9 Å². The lowest BCUT2D eigenvalue weighted by Gasteiger charge is -2.16. The minimum atomic E-state index is 0.533. The van der Waals surface area contributed by atoms with Crippen molar-refractivity contribution in [3.8, 4) is 0 Å². The van der Waals surface area contributed by atoms with Gasteiger partial charge in [0.2, 0.25) is 0 Å². The van der Waals surface area contributed by atoms with Crippen LogP contribution in [-0.4, -0.2) is 16.5 Å². The molecule has 1 fully saturated rings. The van der Waals surface area contributed by atoms with Gasteiger partial charge in [-0.25, -0.2) is 15.8 Å². The molecule has 2 rings (SSSR count). The van der Waals surface area contributed by atoms with Gasteiger partial charge < -0.3 is 10.7 Å². The Labute approximate surface area is 121 Å². The first-order valence-electron chi connectivity index (χ1n) is 7.86. The second kappa shape index (κ2) is 7.43. The minimum absolute atomic E-state index is 0.533. The maximum atomic E-state index is 5.49. The fourth-order valence-electron chi connectivity index (χ4n) is 2.35. The molecule has 1 aliphatic rings. The molecular formula is C15H27N5. The zero-order chi connectivity index (χ0) is 14.4. The summed E-state index contributed by atoms with van der Waals surface area (Å²) in [4.78, 5) is 9.04. The number of hydrogen-bond acceptors (Lipinski definition) is 5.